The molecule has 0 aliphatic carbocycles. The molecular formula is C18H21ClN4O2. The molecule has 0 spiro atoms. The number of ether oxygens (including phenoxy) is 1. The van der Waals surface area contributed by atoms with Gasteiger partial charge in [0.1, 0.15) is 6.10 Å². The summed E-state index contributed by atoms with van der Waals surface area (Å²) in [5.41, 5.74) is 2.25. The molecule has 1 saturated heterocycles. The Balaban J connectivity index is 1.50. The Kier molecular flexibility index (Phi) is 4.48. The van der Waals surface area contributed by atoms with Crippen molar-refractivity contribution < 1.29 is 9.53 Å². The maximum Gasteiger partial charge on any atom is 0.276 e. The monoisotopic (exact) mass is 360 g/mol. The summed E-state index contributed by atoms with van der Waals surface area (Å²) in [5, 5.41) is 9.05. The van der Waals surface area contributed by atoms with Crippen molar-refractivity contribution in [1.29, 1.82) is 0 Å². The first-order valence-electron chi connectivity index (χ1n) is 8.70. The molecule has 7 heteroatoms. The zero-order valence-electron chi connectivity index (χ0n) is 14.2. The van der Waals surface area contributed by atoms with E-state index in [-0.39, 0.29) is 12.0 Å². The van der Waals surface area contributed by atoms with Crippen molar-refractivity contribution in [3.05, 3.63) is 46.2 Å². The third kappa shape index (κ3) is 3.28. The van der Waals surface area contributed by atoms with Crippen LogP contribution in [-0.2, 0) is 17.9 Å². The third-order valence-electron chi connectivity index (χ3n) is 5.11. The van der Waals surface area contributed by atoms with Crippen molar-refractivity contribution in [2.45, 2.75) is 39.0 Å². The molecule has 2 aromatic rings. The van der Waals surface area contributed by atoms with E-state index in [0.29, 0.717) is 29.8 Å². The highest BCUT2D eigenvalue weighted by Crippen LogP contribution is 2.28. The van der Waals surface area contributed by atoms with Crippen molar-refractivity contribution in [3.8, 4) is 0 Å². The van der Waals surface area contributed by atoms with Crippen molar-refractivity contribution in [2.24, 2.45) is 5.92 Å². The number of piperidine rings is 1. The van der Waals surface area contributed by atoms with Gasteiger partial charge in [-0.2, -0.15) is 0 Å². The molecule has 0 saturated carbocycles. The van der Waals surface area contributed by atoms with Gasteiger partial charge in [0.25, 0.3) is 5.91 Å². The second-order valence-electron chi connectivity index (χ2n) is 6.89. The molecule has 1 aromatic heterocycles. The maximum absolute atomic E-state index is 12.8. The first-order valence-corrected chi connectivity index (χ1v) is 9.08. The van der Waals surface area contributed by atoms with Gasteiger partial charge >= 0.3 is 0 Å². The topological polar surface area (TPSA) is 60.2 Å². The number of halogens is 1. The molecule has 0 radical (unpaired) electrons. The summed E-state index contributed by atoms with van der Waals surface area (Å²) < 4.78 is 7.76. The predicted molar refractivity (Wildman–Crippen MR) is 93.3 cm³/mol. The molecule has 1 amide bonds. The number of aromatic nitrogens is 3. The highest BCUT2D eigenvalue weighted by Gasteiger charge is 2.31. The molecule has 0 bridgehead atoms. The van der Waals surface area contributed by atoms with Crippen LogP contribution in [0.3, 0.4) is 0 Å². The van der Waals surface area contributed by atoms with Crippen LogP contribution < -0.4 is 0 Å². The molecule has 1 aromatic carbocycles. The zero-order chi connectivity index (χ0) is 17.4. The van der Waals surface area contributed by atoms with Gasteiger partial charge < -0.3 is 9.64 Å². The molecule has 132 valence electrons. The normalized spacial score (nSPS) is 21.2. The van der Waals surface area contributed by atoms with Crippen LogP contribution >= 0.6 is 11.6 Å². The molecule has 0 unspecified atom stereocenters. The van der Waals surface area contributed by atoms with Crippen LogP contribution in [0.2, 0.25) is 5.02 Å². The van der Waals surface area contributed by atoms with Gasteiger partial charge in [-0.15, -0.1) is 5.10 Å². The van der Waals surface area contributed by atoms with Crippen molar-refractivity contribution in [1.82, 2.24) is 19.9 Å². The number of amides is 1. The second kappa shape index (κ2) is 6.77. The Bertz CT molecular complexity index is 766. The van der Waals surface area contributed by atoms with Gasteiger partial charge in [0.05, 0.1) is 18.8 Å². The minimum atomic E-state index is -0.106. The van der Waals surface area contributed by atoms with E-state index in [2.05, 4.69) is 17.2 Å². The smallest absolute Gasteiger partial charge is 0.276 e. The highest BCUT2D eigenvalue weighted by atomic mass is 35.5. The molecule has 3 heterocycles. The van der Waals surface area contributed by atoms with Crippen molar-refractivity contribution >= 4 is 17.5 Å². The summed E-state index contributed by atoms with van der Waals surface area (Å²) in [6, 6.07) is 7.61. The first kappa shape index (κ1) is 16.5. The van der Waals surface area contributed by atoms with Crippen LogP contribution in [-0.4, -0.2) is 38.9 Å². The summed E-state index contributed by atoms with van der Waals surface area (Å²) in [5.74, 6) is 0.656. The fourth-order valence-electron chi connectivity index (χ4n) is 3.42. The van der Waals surface area contributed by atoms with Crippen LogP contribution in [0.25, 0.3) is 0 Å². The average Bonchev–Trinajstić information content (AvgIpc) is 3.05. The van der Waals surface area contributed by atoms with E-state index < -0.39 is 0 Å². The van der Waals surface area contributed by atoms with Gasteiger partial charge in [-0.3, -0.25) is 4.79 Å². The largest absolute Gasteiger partial charge is 0.365 e. The summed E-state index contributed by atoms with van der Waals surface area (Å²) in [6.45, 7) is 4.70. The SMILES string of the molecule is CC1CCN(C(=O)c2nnn3c2CO[C@@H](c2ccc(Cl)cc2)C3)CC1. The van der Waals surface area contributed by atoms with E-state index in [4.69, 9.17) is 16.3 Å². The maximum atomic E-state index is 12.8. The highest BCUT2D eigenvalue weighted by molar-refractivity contribution is 6.30. The van der Waals surface area contributed by atoms with E-state index in [1.165, 1.54) is 0 Å². The van der Waals surface area contributed by atoms with E-state index in [0.717, 1.165) is 37.2 Å². The lowest BCUT2D eigenvalue weighted by Gasteiger charge is -2.30. The fraction of sp³-hybridized carbons (Fsp3) is 0.500. The van der Waals surface area contributed by atoms with Crippen molar-refractivity contribution in [3.63, 3.8) is 0 Å². The lowest BCUT2D eigenvalue weighted by atomic mass is 9.99. The van der Waals surface area contributed by atoms with E-state index >= 15 is 0 Å². The molecule has 6 nitrogen and oxygen atoms in total. The Hall–Kier alpha value is -1.92. The van der Waals surface area contributed by atoms with E-state index in [1.807, 2.05) is 29.2 Å². The van der Waals surface area contributed by atoms with Crippen LogP contribution in [0.1, 0.15) is 47.6 Å². The summed E-state index contributed by atoms with van der Waals surface area (Å²) in [4.78, 5) is 14.7. The van der Waals surface area contributed by atoms with E-state index in [9.17, 15) is 4.79 Å². The summed E-state index contributed by atoms with van der Waals surface area (Å²) in [6.07, 6.45) is 1.99. The van der Waals surface area contributed by atoms with Crippen LogP contribution in [0, 0.1) is 5.92 Å². The Morgan fingerprint density at radius 1 is 1.24 bits per heavy atom. The molecule has 25 heavy (non-hydrogen) atoms. The number of benzene rings is 1. The third-order valence-corrected chi connectivity index (χ3v) is 5.36. The Morgan fingerprint density at radius 2 is 1.96 bits per heavy atom. The van der Waals surface area contributed by atoms with Gasteiger partial charge in [0.15, 0.2) is 5.69 Å². The number of rotatable bonds is 2. The Morgan fingerprint density at radius 3 is 2.68 bits per heavy atom. The lowest BCUT2D eigenvalue weighted by Crippen LogP contribution is -2.38. The molecule has 1 atom stereocenters. The standard InChI is InChI=1S/C18H21ClN4O2/c1-12-6-8-22(9-7-12)18(24)17-15-11-25-16(10-23(15)21-20-17)13-2-4-14(19)5-3-13/h2-5,12,16H,6-11H2,1H3/t16-/m1/s1. The molecule has 2 aliphatic rings. The number of fused-ring (bicyclic) bond motifs is 1. The minimum absolute atomic E-state index is 0.0262. The Labute approximate surface area is 151 Å². The first-order chi connectivity index (χ1) is 12.1. The fourth-order valence-corrected chi connectivity index (χ4v) is 3.54. The molecule has 1 fully saturated rings. The van der Waals surface area contributed by atoms with Gasteiger partial charge in [-0.1, -0.05) is 35.9 Å². The molecular weight excluding hydrogens is 340 g/mol. The number of hydrogen-bond acceptors (Lipinski definition) is 4. The average molecular weight is 361 g/mol. The van der Waals surface area contributed by atoms with Gasteiger partial charge in [0.2, 0.25) is 0 Å². The minimum Gasteiger partial charge on any atom is -0.365 e. The van der Waals surface area contributed by atoms with Crippen molar-refractivity contribution in [2.75, 3.05) is 13.1 Å². The van der Waals surface area contributed by atoms with Crippen LogP contribution in [0.4, 0.5) is 0 Å². The number of carbonyl (C=O) groups is 1. The van der Waals surface area contributed by atoms with Crippen LogP contribution in [0.15, 0.2) is 24.3 Å². The quantitative estimate of drug-likeness (QED) is 0.825. The zero-order valence-corrected chi connectivity index (χ0v) is 14.9. The number of carbonyl (C=O) groups excluding carboxylic acids is 1. The molecule has 4 rings (SSSR count). The van der Waals surface area contributed by atoms with Gasteiger partial charge in [-0.05, 0) is 36.5 Å². The number of likely N-dealkylation sites (tertiary alicyclic amines) is 1. The predicted octanol–water partition coefficient (Wildman–Crippen LogP) is 3.08. The van der Waals surface area contributed by atoms with Gasteiger partial charge in [0, 0.05) is 18.1 Å². The van der Waals surface area contributed by atoms with Crippen LogP contribution in [0.5, 0.6) is 0 Å². The molecule has 0 N–H and O–H groups in total. The summed E-state index contributed by atoms with van der Waals surface area (Å²) >= 11 is 5.94. The lowest BCUT2D eigenvalue weighted by molar-refractivity contribution is -0.00200. The van der Waals surface area contributed by atoms with Gasteiger partial charge in [-0.25, -0.2) is 4.68 Å². The number of nitrogens with zero attached hydrogens (tertiary/aromatic N) is 4. The summed E-state index contributed by atoms with van der Waals surface area (Å²) in [7, 11) is 0. The number of hydrogen-bond donors (Lipinski definition) is 0. The second-order valence-corrected chi connectivity index (χ2v) is 7.33. The van der Waals surface area contributed by atoms with E-state index in [1.54, 1.807) is 4.68 Å². The molecule has 2 aliphatic heterocycles.